The van der Waals surface area contributed by atoms with Crippen LogP contribution in [0, 0.1) is 21.3 Å². The molecular weight excluding hydrogens is 277 g/mol. The van der Waals surface area contributed by atoms with Crippen LogP contribution in [0.4, 0.5) is 15.8 Å². The minimum absolute atomic E-state index is 0.123. The highest BCUT2D eigenvalue weighted by Crippen LogP contribution is 2.34. The van der Waals surface area contributed by atoms with Crippen molar-refractivity contribution in [1.82, 2.24) is 5.32 Å². The molecule has 21 heavy (non-hydrogen) atoms. The molecule has 0 spiro atoms. The van der Waals surface area contributed by atoms with E-state index in [2.05, 4.69) is 10.6 Å². The van der Waals surface area contributed by atoms with Gasteiger partial charge in [-0.15, -0.1) is 0 Å². The first-order valence-corrected chi connectivity index (χ1v) is 6.94. The first kappa shape index (κ1) is 15.4. The summed E-state index contributed by atoms with van der Waals surface area (Å²) in [5, 5.41) is 16.6. The van der Waals surface area contributed by atoms with E-state index in [-0.39, 0.29) is 17.3 Å². The lowest BCUT2D eigenvalue weighted by molar-refractivity contribution is -0.385. The van der Waals surface area contributed by atoms with E-state index in [1.54, 1.807) is 0 Å². The average molecular weight is 295 g/mol. The number of hydrogen-bond donors (Lipinski definition) is 2. The molecule has 0 saturated carbocycles. The van der Waals surface area contributed by atoms with Gasteiger partial charge in [-0.25, -0.2) is 4.39 Å². The summed E-state index contributed by atoms with van der Waals surface area (Å²) in [6.07, 6.45) is 2.08. The molecular formula is C14H18FN3O3. The second-order valence-electron chi connectivity index (χ2n) is 5.29. The zero-order chi connectivity index (χ0) is 15.5. The quantitative estimate of drug-likeness (QED) is 0.660. The van der Waals surface area contributed by atoms with Crippen molar-refractivity contribution >= 4 is 17.3 Å². The number of halogens is 1. The lowest BCUT2D eigenvalue weighted by Gasteiger charge is -2.35. The molecule has 1 fully saturated rings. The van der Waals surface area contributed by atoms with Crippen molar-refractivity contribution in [1.29, 1.82) is 0 Å². The zero-order valence-corrected chi connectivity index (χ0v) is 11.8. The molecule has 0 aromatic heterocycles. The number of carbonyl (C=O) groups excluding carboxylic acids is 1. The van der Waals surface area contributed by atoms with Crippen LogP contribution in [0.2, 0.25) is 0 Å². The van der Waals surface area contributed by atoms with Crippen LogP contribution in [0.3, 0.4) is 0 Å². The van der Waals surface area contributed by atoms with Gasteiger partial charge in [0.05, 0.1) is 22.1 Å². The van der Waals surface area contributed by atoms with Gasteiger partial charge >= 0.3 is 0 Å². The number of carbonyl (C=O) groups is 1. The summed E-state index contributed by atoms with van der Waals surface area (Å²) in [5.74, 6) is -0.943. The van der Waals surface area contributed by atoms with Gasteiger partial charge in [0.25, 0.3) is 5.69 Å². The van der Waals surface area contributed by atoms with Gasteiger partial charge in [0.1, 0.15) is 5.82 Å². The molecule has 2 N–H and O–H groups in total. The molecule has 1 aromatic rings. The highest BCUT2D eigenvalue weighted by Gasteiger charge is 2.37. The maximum atomic E-state index is 13.4. The van der Waals surface area contributed by atoms with Gasteiger partial charge in [-0.3, -0.25) is 14.9 Å². The molecule has 1 amide bonds. The average Bonchev–Trinajstić information content (AvgIpc) is 2.47. The summed E-state index contributed by atoms with van der Waals surface area (Å²) in [4.78, 5) is 22.5. The van der Waals surface area contributed by atoms with E-state index in [1.807, 2.05) is 6.92 Å². The Morgan fingerprint density at radius 2 is 2.10 bits per heavy atom. The third kappa shape index (κ3) is 3.36. The third-order valence-electron chi connectivity index (χ3n) is 4.07. The molecule has 2 rings (SSSR count). The number of piperidine rings is 1. The van der Waals surface area contributed by atoms with Crippen LogP contribution in [0.15, 0.2) is 18.2 Å². The molecule has 7 heteroatoms. The standard InChI is InChI=1S/C14H18FN3O3/c1-2-14(3-5-16-6-4-14)13(19)17-11-7-10(15)8-12(9-11)18(20)21/h7-9,16H,2-6H2,1H3,(H,17,19). The number of amides is 1. The second-order valence-corrected chi connectivity index (χ2v) is 5.29. The van der Waals surface area contributed by atoms with Crippen molar-refractivity contribution in [3.05, 3.63) is 34.1 Å². The third-order valence-corrected chi connectivity index (χ3v) is 4.07. The Balaban J connectivity index is 2.20. The van der Waals surface area contributed by atoms with Crippen molar-refractivity contribution in [2.24, 2.45) is 5.41 Å². The predicted octanol–water partition coefficient (Wildman–Crippen LogP) is 2.45. The smallest absolute Gasteiger partial charge is 0.274 e. The van der Waals surface area contributed by atoms with Gasteiger partial charge in [-0.05, 0) is 38.4 Å². The number of non-ortho nitro benzene ring substituents is 1. The monoisotopic (exact) mass is 295 g/mol. The minimum atomic E-state index is -0.740. The van der Waals surface area contributed by atoms with Crippen molar-refractivity contribution in [3.63, 3.8) is 0 Å². The molecule has 0 bridgehead atoms. The Morgan fingerprint density at radius 3 is 2.67 bits per heavy atom. The van der Waals surface area contributed by atoms with Gasteiger partial charge in [0.2, 0.25) is 5.91 Å². The molecule has 1 heterocycles. The molecule has 114 valence electrons. The number of nitro groups is 1. The lowest BCUT2D eigenvalue weighted by Crippen LogP contribution is -2.44. The predicted molar refractivity (Wildman–Crippen MR) is 76.5 cm³/mol. The summed E-state index contributed by atoms with van der Waals surface area (Å²) in [6, 6.07) is 3.09. The van der Waals surface area contributed by atoms with Crippen LogP contribution >= 0.6 is 0 Å². The van der Waals surface area contributed by atoms with Gasteiger partial charge in [0.15, 0.2) is 0 Å². The first-order valence-electron chi connectivity index (χ1n) is 6.94. The maximum absolute atomic E-state index is 13.4. The van der Waals surface area contributed by atoms with Gasteiger partial charge in [-0.1, -0.05) is 6.92 Å². The number of rotatable bonds is 4. The summed E-state index contributed by atoms with van der Waals surface area (Å²) < 4.78 is 13.4. The van der Waals surface area contributed by atoms with Crippen molar-refractivity contribution < 1.29 is 14.1 Å². The van der Waals surface area contributed by atoms with E-state index >= 15 is 0 Å². The Hall–Kier alpha value is -2.02. The van der Waals surface area contributed by atoms with Crippen molar-refractivity contribution in [2.45, 2.75) is 26.2 Å². The summed E-state index contributed by atoms with van der Waals surface area (Å²) in [7, 11) is 0. The largest absolute Gasteiger partial charge is 0.325 e. The van der Waals surface area contributed by atoms with Crippen LogP contribution in [0.25, 0.3) is 0 Å². The Bertz CT molecular complexity index is 556. The van der Waals surface area contributed by atoms with Crippen molar-refractivity contribution in [2.75, 3.05) is 18.4 Å². The van der Waals surface area contributed by atoms with Crippen LogP contribution in [-0.4, -0.2) is 23.9 Å². The molecule has 1 aromatic carbocycles. The number of benzene rings is 1. The summed E-state index contributed by atoms with van der Waals surface area (Å²) >= 11 is 0. The molecule has 0 atom stereocenters. The molecule has 1 aliphatic heterocycles. The summed E-state index contributed by atoms with van der Waals surface area (Å²) in [6.45, 7) is 3.45. The van der Waals surface area contributed by atoms with E-state index in [4.69, 9.17) is 0 Å². The molecule has 0 aliphatic carbocycles. The number of nitrogens with one attached hydrogen (secondary N) is 2. The molecule has 6 nitrogen and oxygen atoms in total. The van der Waals surface area contributed by atoms with E-state index in [1.165, 1.54) is 6.07 Å². The van der Waals surface area contributed by atoms with E-state index in [0.717, 1.165) is 25.2 Å². The second kappa shape index (κ2) is 6.17. The van der Waals surface area contributed by atoms with Crippen LogP contribution in [0.5, 0.6) is 0 Å². The van der Waals surface area contributed by atoms with Gasteiger partial charge < -0.3 is 10.6 Å². The fourth-order valence-electron chi connectivity index (χ4n) is 2.66. The Morgan fingerprint density at radius 1 is 1.43 bits per heavy atom. The van der Waals surface area contributed by atoms with E-state index < -0.39 is 16.2 Å². The Labute approximate surface area is 121 Å². The van der Waals surface area contributed by atoms with Crippen LogP contribution in [0.1, 0.15) is 26.2 Å². The summed E-state index contributed by atoms with van der Waals surface area (Å²) in [5.41, 5.74) is -0.744. The van der Waals surface area contributed by atoms with E-state index in [0.29, 0.717) is 19.3 Å². The lowest BCUT2D eigenvalue weighted by atomic mass is 9.76. The maximum Gasteiger partial charge on any atom is 0.274 e. The van der Waals surface area contributed by atoms with E-state index in [9.17, 15) is 19.3 Å². The minimum Gasteiger partial charge on any atom is -0.325 e. The number of nitrogens with zero attached hydrogens (tertiary/aromatic N) is 1. The number of nitro benzene ring substituents is 1. The number of anilines is 1. The zero-order valence-electron chi connectivity index (χ0n) is 11.8. The highest BCUT2D eigenvalue weighted by molar-refractivity contribution is 5.95. The first-order chi connectivity index (χ1) is 9.97. The van der Waals surface area contributed by atoms with Gasteiger partial charge in [0, 0.05) is 6.07 Å². The highest BCUT2D eigenvalue weighted by atomic mass is 19.1. The molecule has 1 aliphatic rings. The van der Waals surface area contributed by atoms with Gasteiger partial charge in [-0.2, -0.15) is 0 Å². The molecule has 1 saturated heterocycles. The fourth-order valence-corrected chi connectivity index (χ4v) is 2.66. The molecule has 0 unspecified atom stereocenters. The Kier molecular flexibility index (Phi) is 4.52. The fraction of sp³-hybridized carbons (Fsp3) is 0.500. The number of hydrogen-bond acceptors (Lipinski definition) is 4. The SMILES string of the molecule is CCC1(C(=O)Nc2cc(F)cc([N+](=O)[O-])c2)CCNCC1. The topological polar surface area (TPSA) is 84.3 Å². The normalized spacial score (nSPS) is 17.2. The van der Waals surface area contributed by atoms with Crippen LogP contribution < -0.4 is 10.6 Å². The molecule has 0 radical (unpaired) electrons. The van der Waals surface area contributed by atoms with Crippen LogP contribution in [-0.2, 0) is 4.79 Å². The van der Waals surface area contributed by atoms with Crippen molar-refractivity contribution in [3.8, 4) is 0 Å².